The third-order valence-electron chi connectivity index (χ3n) is 8.53. The number of halogens is 2. The van der Waals surface area contributed by atoms with E-state index < -0.39 is 22.6 Å². The van der Waals surface area contributed by atoms with Gasteiger partial charge in [-0.2, -0.15) is 0 Å². The van der Waals surface area contributed by atoms with Crippen LogP contribution in [0.5, 0.6) is 0 Å². The Morgan fingerprint density at radius 3 is 2.34 bits per heavy atom. The Morgan fingerprint density at radius 2 is 1.66 bits per heavy atom. The van der Waals surface area contributed by atoms with E-state index >= 15 is 0 Å². The number of hydrogen-bond acceptors (Lipinski definition) is 8. The first-order chi connectivity index (χ1) is 19.5. The lowest BCUT2D eigenvalue weighted by molar-refractivity contribution is -0.0221. The van der Waals surface area contributed by atoms with Crippen LogP contribution in [0.15, 0.2) is 41.0 Å². The maximum absolute atomic E-state index is 13.7. The topological polar surface area (TPSA) is 112 Å². The minimum Gasteiger partial charge on any atom is -0.444 e. The smallest absolute Gasteiger partial charge is 0.251 e. The van der Waals surface area contributed by atoms with Gasteiger partial charge in [-0.3, -0.25) is 4.72 Å². The molecule has 3 aliphatic rings. The van der Waals surface area contributed by atoms with Crippen LogP contribution in [0.2, 0.25) is 0 Å². The molecule has 2 saturated heterocycles. The Hall–Kier alpha value is -3.25. The molecule has 41 heavy (non-hydrogen) atoms. The maximum Gasteiger partial charge on any atom is 0.251 e. The van der Waals surface area contributed by atoms with Gasteiger partial charge in [-0.1, -0.05) is 0 Å². The highest BCUT2D eigenvalue weighted by molar-refractivity contribution is 7.92. The molecule has 4 heterocycles. The van der Waals surface area contributed by atoms with E-state index in [1.165, 1.54) is 12.8 Å². The minimum atomic E-state index is -3.69. The van der Waals surface area contributed by atoms with Gasteiger partial charge in [-0.15, -0.1) is 0 Å². The van der Waals surface area contributed by atoms with Crippen LogP contribution in [0.4, 0.5) is 26.0 Å². The molecule has 1 aromatic carbocycles. The molecule has 2 N–H and O–H groups in total. The molecule has 3 aromatic rings. The molecule has 0 amide bonds. The second kappa shape index (κ2) is 10.5. The van der Waals surface area contributed by atoms with Gasteiger partial charge < -0.3 is 19.3 Å². The molecular weight excluding hydrogens is 552 g/mol. The summed E-state index contributed by atoms with van der Waals surface area (Å²) in [5.41, 5.74) is 4.50. The number of aliphatic hydroxyl groups is 1. The molecule has 2 aromatic heterocycles. The van der Waals surface area contributed by atoms with E-state index in [1.807, 2.05) is 24.0 Å². The highest BCUT2D eigenvalue weighted by Gasteiger charge is 2.44. The summed E-state index contributed by atoms with van der Waals surface area (Å²) in [6.45, 7) is 3.65. The van der Waals surface area contributed by atoms with Crippen molar-refractivity contribution in [2.24, 2.45) is 5.41 Å². The van der Waals surface area contributed by atoms with Gasteiger partial charge in [0.2, 0.25) is 15.9 Å². The van der Waals surface area contributed by atoms with Gasteiger partial charge >= 0.3 is 0 Å². The monoisotopic (exact) mass is 587 g/mol. The van der Waals surface area contributed by atoms with Gasteiger partial charge in [0.1, 0.15) is 17.8 Å². The number of hydrogen-bond donors (Lipinski definition) is 2. The zero-order valence-electron chi connectivity index (χ0n) is 23.1. The molecule has 0 unspecified atom stereocenters. The van der Waals surface area contributed by atoms with E-state index in [2.05, 4.69) is 9.62 Å². The molecule has 0 bridgehead atoms. The van der Waals surface area contributed by atoms with Crippen molar-refractivity contribution >= 4 is 27.2 Å². The number of piperidine rings is 2. The summed E-state index contributed by atoms with van der Waals surface area (Å²) in [5.74, 6) is -1.99. The molecule has 1 spiro atoms. The molecular formula is C29H35F2N5O4S. The normalized spacial score (nSPS) is 19.9. The lowest BCUT2D eigenvalue weighted by atomic mass is 9.93. The highest BCUT2D eigenvalue weighted by atomic mass is 32.2. The van der Waals surface area contributed by atoms with Crippen molar-refractivity contribution in [3.8, 4) is 22.8 Å². The van der Waals surface area contributed by atoms with Gasteiger partial charge in [0, 0.05) is 39.0 Å². The number of aryl methyl sites for hydroxylation is 1. The van der Waals surface area contributed by atoms with Crippen LogP contribution in [0.3, 0.4) is 0 Å². The van der Waals surface area contributed by atoms with E-state index in [4.69, 9.17) is 19.5 Å². The first kappa shape index (κ1) is 27.9. The number of oxazole rings is 1. The molecule has 2 aliphatic heterocycles. The van der Waals surface area contributed by atoms with Crippen LogP contribution < -0.4 is 14.5 Å². The number of nitrogens with zero attached hydrogens (tertiary/aromatic N) is 4. The van der Waals surface area contributed by atoms with Crippen LogP contribution in [-0.4, -0.2) is 68.0 Å². The van der Waals surface area contributed by atoms with Crippen LogP contribution in [0, 0.1) is 12.3 Å². The van der Waals surface area contributed by atoms with Crippen LogP contribution >= 0.6 is 0 Å². The van der Waals surface area contributed by atoms with E-state index in [9.17, 15) is 17.2 Å². The van der Waals surface area contributed by atoms with Gasteiger partial charge in [-0.25, -0.2) is 27.2 Å². The second-order valence-corrected chi connectivity index (χ2v) is 13.5. The molecule has 12 heteroatoms. The summed E-state index contributed by atoms with van der Waals surface area (Å²) in [6.07, 6.45) is 5.86. The zero-order valence-corrected chi connectivity index (χ0v) is 23.9. The molecule has 9 nitrogen and oxygen atoms in total. The SMILES string of the molecule is Cc1cc(-c2coc(-c3ccc(NS(=O)(=O)CCO)cc3N3CCC4(CC3)CC4)n2)nc(N2CCC(F)(F)CC2)c1. The Labute approximate surface area is 238 Å². The average molecular weight is 588 g/mol. The van der Waals surface area contributed by atoms with Crippen LogP contribution in [0.25, 0.3) is 22.8 Å². The van der Waals surface area contributed by atoms with Crippen molar-refractivity contribution in [2.75, 3.05) is 53.1 Å². The number of rotatable bonds is 8. The van der Waals surface area contributed by atoms with Gasteiger partial charge in [-0.05, 0) is 73.9 Å². The van der Waals surface area contributed by atoms with Crippen LogP contribution in [0.1, 0.15) is 44.1 Å². The van der Waals surface area contributed by atoms with E-state index in [0.717, 1.165) is 42.7 Å². The standard InChI is InChI=1S/C29H35F2N5O4S/c1-20-16-23(32-26(17-20)36-12-8-29(30,31)9-13-36)24-19-40-27(33-24)22-3-2-21(34-41(38,39)15-14-37)18-25(22)35-10-6-28(4-5-28)7-11-35/h2-3,16-19,34,37H,4-15H2,1H3. The van der Waals surface area contributed by atoms with Crippen molar-refractivity contribution in [1.82, 2.24) is 9.97 Å². The fourth-order valence-electron chi connectivity index (χ4n) is 5.81. The van der Waals surface area contributed by atoms with Crippen molar-refractivity contribution < 1.29 is 26.7 Å². The fourth-order valence-corrected chi connectivity index (χ4v) is 6.64. The predicted octanol–water partition coefficient (Wildman–Crippen LogP) is 5.06. The number of sulfonamides is 1. The molecule has 1 saturated carbocycles. The molecule has 1 aliphatic carbocycles. The first-order valence-electron chi connectivity index (χ1n) is 14.1. The number of pyridine rings is 1. The zero-order chi connectivity index (χ0) is 28.8. The lowest BCUT2D eigenvalue weighted by Crippen LogP contribution is -2.39. The summed E-state index contributed by atoms with van der Waals surface area (Å²) < 4.78 is 60.6. The van der Waals surface area contributed by atoms with Crippen molar-refractivity contribution in [1.29, 1.82) is 0 Å². The molecule has 220 valence electrons. The Balaban J connectivity index is 1.30. The van der Waals surface area contributed by atoms with Crippen LogP contribution in [-0.2, 0) is 10.0 Å². The first-order valence-corrected chi connectivity index (χ1v) is 15.8. The van der Waals surface area contributed by atoms with E-state index in [1.54, 1.807) is 24.5 Å². The number of aromatic nitrogens is 2. The second-order valence-electron chi connectivity index (χ2n) is 11.6. The quantitative estimate of drug-likeness (QED) is 0.376. The number of nitrogens with one attached hydrogen (secondary N) is 1. The number of anilines is 3. The Kier molecular flexibility index (Phi) is 7.17. The summed E-state index contributed by atoms with van der Waals surface area (Å²) in [5, 5.41) is 9.13. The predicted molar refractivity (Wildman–Crippen MR) is 154 cm³/mol. The van der Waals surface area contributed by atoms with Crippen molar-refractivity contribution in [3.63, 3.8) is 0 Å². The summed E-state index contributed by atoms with van der Waals surface area (Å²) in [6, 6.07) is 9.05. The Bertz CT molecular complexity index is 1520. The summed E-state index contributed by atoms with van der Waals surface area (Å²) in [4.78, 5) is 13.6. The molecule has 0 radical (unpaired) electrons. The minimum absolute atomic E-state index is 0.196. The van der Waals surface area contributed by atoms with Gasteiger partial charge in [0.25, 0.3) is 5.92 Å². The summed E-state index contributed by atoms with van der Waals surface area (Å²) in [7, 11) is -3.69. The van der Waals surface area contributed by atoms with E-state index in [0.29, 0.717) is 34.2 Å². The highest BCUT2D eigenvalue weighted by Crippen LogP contribution is 2.54. The molecule has 3 fully saturated rings. The Morgan fingerprint density at radius 1 is 0.951 bits per heavy atom. The lowest BCUT2D eigenvalue weighted by Gasteiger charge is -2.35. The number of aliphatic hydroxyl groups excluding tert-OH is 1. The van der Waals surface area contributed by atoms with Gasteiger partial charge in [0.05, 0.1) is 35.0 Å². The van der Waals surface area contributed by atoms with Gasteiger partial charge in [0.15, 0.2) is 0 Å². The fraction of sp³-hybridized carbons (Fsp3) is 0.517. The summed E-state index contributed by atoms with van der Waals surface area (Å²) >= 11 is 0. The van der Waals surface area contributed by atoms with Crippen molar-refractivity contribution in [3.05, 3.63) is 42.2 Å². The average Bonchev–Trinajstić information content (AvgIpc) is 3.48. The number of alkyl halides is 2. The largest absolute Gasteiger partial charge is 0.444 e. The van der Waals surface area contributed by atoms with Crippen molar-refractivity contribution in [2.45, 2.75) is 51.4 Å². The third kappa shape index (κ3) is 6.18. The molecule has 6 rings (SSSR count). The third-order valence-corrected chi connectivity index (χ3v) is 9.79. The maximum atomic E-state index is 13.7. The molecule has 0 atom stereocenters. The van der Waals surface area contributed by atoms with E-state index in [-0.39, 0.29) is 31.7 Å². The number of benzene rings is 1.